The first kappa shape index (κ1) is 16.6. The standard InChI is InChI=1S/C12H25N2O4P/c1-4-17-19(16,18-5-2)9-10-6-7-14(3)11(8-10)12(13)15/h10-11H,4-9H2,1-3H3,(H2,13,15)/t10-,11+/m0/s1. The number of piperidine rings is 1. The molecule has 0 saturated carbocycles. The molecule has 0 bridgehead atoms. The predicted molar refractivity (Wildman–Crippen MR) is 74.1 cm³/mol. The molecule has 1 rings (SSSR count). The Morgan fingerprint density at radius 3 is 2.42 bits per heavy atom. The summed E-state index contributed by atoms with van der Waals surface area (Å²) in [7, 11) is -1.15. The summed E-state index contributed by atoms with van der Waals surface area (Å²) >= 11 is 0. The van der Waals surface area contributed by atoms with Crippen molar-refractivity contribution in [1.82, 2.24) is 4.90 Å². The first-order valence-electron chi connectivity index (χ1n) is 6.79. The van der Waals surface area contributed by atoms with Crippen LogP contribution in [0.1, 0.15) is 26.7 Å². The van der Waals surface area contributed by atoms with E-state index in [-0.39, 0.29) is 17.9 Å². The second-order valence-electron chi connectivity index (χ2n) is 4.92. The number of carbonyl (C=O) groups excluding carboxylic acids is 1. The summed E-state index contributed by atoms with van der Waals surface area (Å²) in [5, 5.41) is 0. The Balaban J connectivity index is 2.65. The summed E-state index contributed by atoms with van der Waals surface area (Å²) in [5.41, 5.74) is 5.39. The average Bonchev–Trinajstić information content (AvgIpc) is 2.31. The van der Waals surface area contributed by atoms with Gasteiger partial charge in [0.05, 0.1) is 25.4 Å². The lowest BCUT2D eigenvalue weighted by Crippen LogP contribution is -2.48. The van der Waals surface area contributed by atoms with Gasteiger partial charge in [0.1, 0.15) is 0 Å². The summed E-state index contributed by atoms with van der Waals surface area (Å²) in [6.07, 6.45) is 1.87. The molecule has 2 atom stereocenters. The van der Waals surface area contributed by atoms with Crippen LogP contribution >= 0.6 is 7.60 Å². The van der Waals surface area contributed by atoms with Crippen LogP contribution < -0.4 is 5.73 Å². The van der Waals surface area contributed by atoms with Gasteiger partial charge in [-0.3, -0.25) is 14.3 Å². The molecule has 0 aliphatic carbocycles. The van der Waals surface area contributed by atoms with E-state index < -0.39 is 7.60 Å². The predicted octanol–water partition coefficient (Wildman–Crippen LogP) is 1.45. The van der Waals surface area contributed by atoms with Crippen molar-refractivity contribution in [3.63, 3.8) is 0 Å². The number of rotatable bonds is 7. The van der Waals surface area contributed by atoms with Crippen LogP contribution in [0.5, 0.6) is 0 Å². The minimum Gasteiger partial charge on any atom is -0.368 e. The Kier molecular flexibility index (Phi) is 6.47. The number of likely N-dealkylation sites (N-methyl/N-ethyl adjacent to an activating group) is 1. The lowest BCUT2D eigenvalue weighted by molar-refractivity contribution is -0.124. The maximum Gasteiger partial charge on any atom is 0.330 e. The molecule has 0 aromatic carbocycles. The number of nitrogens with two attached hydrogens (primary N) is 1. The van der Waals surface area contributed by atoms with Crippen molar-refractivity contribution in [2.75, 3.05) is 33.0 Å². The third-order valence-corrected chi connectivity index (χ3v) is 5.71. The van der Waals surface area contributed by atoms with Crippen LogP contribution in [0.2, 0.25) is 0 Å². The van der Waals surface area contributed by atoms with Crippen molar-refractivity contribution in [3.8, 4) is 0 Å². The quantitative estimate of drug-likeness (QED) is 0.718. The molecule has 0 aromatic heterocycles. The van der Waals surface area contributed by atoms with Gasteiger partial charge in [0.2, 0.25) is 5.91 Å². The maximum atomic E-state index is 12.5. The number of carbonyl (C=O) groups is 1. The molecule has 0 spiro atoms. The van der Waals surface area contributed by atoms with E-state index in [1.54, 1.807) is 13.8 Å². The Hall–Kier alpha value is -0.420. The molecule has 1 amide bonds. The molecule has 1 aliphatic heterocycles. The van der Waals surface area contributed by atoms with Crippen LogP contribution in [-0.2, 0) is 18.4 Å². The Labute approximate surface area is 115 Å². The molecule has 19 heavy (non-hydrogen) atoms. The molecule has 1 heterocycles. The largest absolute Gasteiger partial charge is 0.368 e. The molecule has 1 saturated heterocycles. The lowest BCUT2D eigenvalue weighted by atomic mass is 9.92. The van der Waals surface area contributed by atoms with Gasteiger partial charge in [-0.25, -0.2) is 0 Å². The smallest absolute Gasteiger partial charge is 0.330 e. The van der Waals surface area contributed by atoms with Gasteiger partial charge in [-0.1, -0.05) is 0 Å². The van der Waals surface area contributed by atoms with Gasteiger partial charge < -0.3 is 14.8 Å². The van der Waals surface area contributed by atoms with E-state index in [1.807, 2.05) is 11.9 Å². The highest BCUT2D eigenvalue weighted by atomic mass is 31.2. The minimum absolute atomic E-state index is 0.151. The number of primary amides is 1. The van der Waals surface area contributed by atoms with E-state index in [0.29, 0.717) is 25.8 Å². The molecule has 1 fully saturated rings. The van der Waals surface area contributed by atoms with Crippen molar-refractivity contribution in [3.05, 3.63) is 0 Å². The summed E-state index contributed by atoms with van der Waals surface area (Å²) < 4.78 is 23.1. The number of hydrogen-bond acceptors (Lipinski definition) is 5. The molecular weight excluding hydrogens is 267 g/mol. The van der Waals surface area contributed by atoms with Gasteiger partial charge in [-0.05, 0) is 46.2 Å². The molecule has 2 N–H and O–H groups in total. The summed E-state index contributed by atoms with van der Waals surface area (Å²) in [4.78, 5) is 13.3. The van der Waals surface area contributed by atoms with Gasteiger partial charge in [-0.2, -0.15) is 0 Å². The Morgan fingerprint density at radius 1 is 1.37 bits per heavy atom. The Morgan fingerprint density at radius 2 is 1.95 bits per heavy atom. The zero-order valence-electron chi connectivity index (χ0n) is 12.0. The number of nitrogens with zero attached hydrogens (tertiary/aromatic N) is 1. The van der Waals surface area contributed by atoms with Gasteiger partial charge in [0.15, 0.2) is 0 Å². The summed E-state index contributed by atoms with van der Waals surface area (Å²) in [6.45, 7) is 5.10. The second kappa shape index (κ2) is 7.39. The molecule has 7 heteroatoms. The van der Waals surface area contributed by atoms with Crippen LogP contribution in [0.3, 0.4) is 0 Å². The number of likely N-dealkylation sites (tertiary alicyclic amines) is 1. The lowest BCUT2D eigenvalue weighted by Gasteiger charge is -2.36. The SMILES string of the molecule is CCOP(=O)(C[C@H]1CCN(C)[C@@H](C(N)=O)C1)OCC. The summed E-state index contributed by atoms with van der Waals surface area (Å²) in [6, 6.07) is -0.282. The van der Waals surface area contributed by atoms with Gasteiger partial charge >= 0.3 is 7.60 Å². The second-order valence-corrected chi connectivity index (χ2v) is 7.02. The van der Waals surface area contributed by atoms with Crippen molar-refractivity contribution < 1.29 is 18.4 Å². The fourth-order valence-electron chi connectivity index (χ4n) is 2.51. The molecule has 0 radical (unpaired) electrons. The highest BCUT2D eigenvalue weighted by Gasteiger charge is 2.35. The topological polar surface area (TPSA) is 81.9 Å². The molecule has 0 aromatic rings. The van der Waals surface area contributed by atoms with Gasteiger partial charge in [0, 0.05) is 0 Å². The molecule has 6 nitrogen and oxygen atoms in total. The van der Waals surface area contributed by atoms with E-state index >= 15 is 0 Å². The molecule has 0 unspecified atom stereocenters. The van der Waals surface area contributed by atoms with Crippen molar-refractivity contribution in [2.24, 2.45) is 11.7 Å². The fourth-order valence-corrected chi connectivity index (χ4v) is 4.54. The van der Waals surface area contributed by atoms with Crippen LogP contribution in [0.4, 0.5) is 0 Å². The third-order valence-electron chi connectivity index (χ3n) is 3.44. The van der Waals surface area contributed by atoms with Crippen molar-refractivity contribution >= 4 is 13.5 Å². The zero-order valence-corrected chi connectivity index (χ0v) is 12.9. The van der Waals surface area contributed by atoms with E-state index in [1.165, 1.54) is 0 Å². The molecular formula is C12H25N2O4P. The van der Waals surface area contributed by atoms with Crippen molar-refractivity contribution in [1.29, 1.82) is 0 Å². The van der Waals surface area contributed by atoms with E-state index in [0.717, 1.165) is 13.0 Å². The first-order valence-corrected chi connectivity index (χ1v) is 8.52. The van der Waals surface area contributed by atoms with E-state index in [2.05, 4.69) is 0 Å². The van der Waals surface area contributed by atoms with E-state index in [4.69, 9.17) is 14.8 Å². The zero-order chi connectivity index (χ0) is 14.5. The highest BCUT2D eigenvalue weighted by molar-refractivity contribution is 7.53. The minimum atomic E-state index is -3.03. The monoisotopic (exact) mass is 292 g/mol. The maximum absolute atomic E-state index is 12.5. The van der Waals surface area contributed by atoms with Crippen LogP contribution in [0.25, 0.3) is 0 Å². The highest BCUT2D eigenvalue weighted by Crippen LogP contribution is 2.51. The Bertz CT molecular complexity index is 341. The molecule has 1 aliphatic rings. The molecule has 112 valence electrons. The summed E-state index contributed by atoms with van der Waals surface area (Å²) in [5.74, 6) is -0.174. The van der Waals surface area contributed by atoms with Crippen LogP contribution in [-0.4, -0.2) is 49.8 Å². The van der Waals surface area contributed by atoms with Gasteiger partial charge in [0.25, 0.3) is 0 Å². The van der Waals surface area contributed by atoms with Gasteiger partial charge in [-0.15, -0.1) is 0 Å². The first-order chi connectivity index (χ1) is 8.91. The van der Waals surface area contributed by atoms with Crippen LogP contribution in [0, 0.1) is 5.92 Å². The van der Waals surface area contributed by atoms with Crippen molar-refractivity contribution in [2.45, 2.75) is 32.7 Å². The normalized spacial score (nSPS) is 25.4. The third kappa shape index (κ3) is 4.88. The van der Waals surface area contributed by atoms with Crippen LogP contribution in [0.15, 0.2) is 0 Å². The number of amides is 1. The average molecular weight is 292 g/mol. The fraction of sp³-hybridized carbons (Fsp3) is 0.917. The number of hydrogen-bond donors (Lipinski definition) is 1. The van der Waals surface area contributed by atoms with E-state index in [9.17, 15) is 9.36 Å².